The summed E-state index contributed by atoms with van der Waals surface area (Å²) in [6.07, 6.45) is -3.25. The number of nitrogens with zero attached hydrogens (tertiary/aromatic N) is 2. The highest BCUT2D eigenvalue weighted by molar-refractivity contribution is 5.96. The molecule has 8 heteroatoms. The van der Waals surface area contributed by atoms with Gasteiger partial charge in [0, 0.05) is 12.2 Å². The maximum Gasteiger partial charge on any atom is 0.434 e. The summed E-state index contributed by atoms with van der Waals surface area (Å²) in [5.74, 6) is -1.82. The van der Waals surface area contributed by atoms with Crippen LogP contribution in [0.5, 0.6) is 0 Å². The second-order valence-electron chi connectivity index (χ2n) is 7.50. The van der Waals surface area contributed by atoms with Crippen molar-refractivity contribution in [1.29, 1.82) is 0 Å². The summed E-state index contributed by atoms with van der Waals surface area (Å²) in [6.45, 7) is 5.41. The summed E-state index contributed by atoms with van der Waals surface area (Å²) in [7, 11) is 0. The molecule has 3 rings (SSSR count). The number of halogens is 3. The fourth-order valence-corrected chi connectivity index (χ4v) is 3.98. The zero-order valence-electron chi connectivity index (χ0n) is 16.2. The van der Waals surface area contributed by atoms with Gasteiger partial charge in [0.05, 0.1) is 17.2 Å². The minimum atomic E-state index is -4.76. The lowest BCUT2D eigenvalue weighted by Crippen LogP contribution is -2.40. The van der Waals surface area contributed by atoms with Gasteiger partial charge < -0.3 is 10.0 Å². The zero-order valence-corrected chi connectivity index (χ0v) is 16.2. The van der Waals surface area contributed by atoms with Crippen LogP contribution in [0.1, 0.15) is 76.7 Å². The van der Waals surface area contributed by atoms with Crippen molar-refractivity contribution < 1.29 is 27.9 Å². The van der Waals surface area contributed by atoms with E-state index in [1.807, 2.05) is 6.92 Å². The predicted octanol–water partition coefficient (Wildman–Crippen LogP) is 4.90. The number of carboxylic acid groups (broad SMARTS) is 1. The van der Waals surface area contributed by atoms with Crippen LogP contribution < -0.4 is 0 Å². The van der Waals surface area contributed by atoms with Crippen molar-refractivity contribution in [2.45, 2.75) is 51.4 Å². The number of hydrogen-bond acceptors (Lipinski definition) is 3. The van der Waals surface area contributed by atoms with Gasteiger partial charge in [-0.3, -0.25) is 9.78 Å². The Morgan fingerprint density at radius 1 is 1.21 bits per heavy atom. The molecule has 0 fully saturated rings. The predicted molar refractivity (Wildman–Crippen MR) is 99.7 cm³/mol. The Morgan fingerprint density at radius 2 is 1.90 bits per heavy atom. The van der Waals surface area contributed by atoms with Crippen molar-refractivity contribution in [1.82, 2.24) is 9.88 Å². The largest absolute Gasteiger partial charge is 0.478 e. The summed E-state index contributed by atoms with van der Waals surface area (Å²) < 4.78 is 40.2. The Hall–Kier alpha value is -2.90. The van der Waals surface area contributed by atoms with Crippen molar-refractivity contribution in [3.05, 3.63) is 64.5 Å². The van der Waals surface area contributed by atoms with Crippen LogP contribution in [0.25, 0.3) is 0 Å². The van der Waals surface area contributed by atoms with Crippen LogP contribution in [0.4, 0.5) is 13.2 Å². The standard InChI is InChI=1S/C21H21F3N2O3/c1-11(2)26(19(27)15-5-4-8-25-18(15)21(22,23)24)17-9-12(3)14-7-6-13(20(28)29)10-16(14)17/h4-8,10-12,17H,9H2,1-3H3,(H,28,29)/t12?,17-/m1/s1. The smallest absolute Gasteiger partial charge is 0.434 e. The Labute approximate surface area is 166 Å². The van der Waals surface area contributed by atoms with Gasteiger partial charge in [0.2, 0.25) is 0 Å². The van der Waals surface area contributed by atoms with Gasteiger partial charge >= 0.3 is 12.1 Å². The van der Waals surface area contributed by atoms with E-state index in [2.05, 4.69) is 4.98 Å². The van der Waals surface area contributed by atoms with Crippen LogP contribution in [0.15, 0.2) is 36.5 Å². The van der Waals surface area contributed by atoms with Gasteiger partial charge in [-0.25, -0.2) is 4.79 Å². The molecule has 29 heavy (non-hydrogen) atoms. The molecule has 154 valence electrons. The van der Waals surface area contributed by atoms with Gasteiger partial charge in [-0.15, -0.1) is 0 Å². The van der Waals surface area contributed by atoms with E-state index in [9.17, 15) is 27.9 Å². The number of amides is 1. The van der Waals surface area contributed by atoms with Gasteiger partial charge in [-0.05, 0) is 61.6 Å². The number of alkyl halides is 3. The van der Waals surface area contributed by atoms with Gasteiger partial charge in [-0.1, -0.05) is 13.0 Å². The number of hydrogen-bond donors (Lipinski definition) is 1. The van der Waals surface area contributed by atoms with Crippen LogP contribution in [0.2, 0.25) is 0 Å². The molecule has 1 aromatic heterocycles. The number of aromatic nitrogens is 1. The van der Waals surface area contributed by atoms with Gasteiger partial charge in [0.25, 0.3) is 5.91 Å². The minimum Gasteiger partial charge on any atom is -0.478 e. The maximum atomic E-state index is 13.4. The van der Waals surface area contributed by atoms with E-state index in [1.54, 1.807) is 19.9 Å². The number of fused-ring (bicyclic) bond motifs is 1. The normalized spacial score (nSPS) is 18.6. The van der Waals surface area contributed by atoms with Crippen molar-refractivity contribution in [3.8, 4) is 0 Å². The molecule has 0 spiro atoms. The first-order valence-corrected chi connectivity index (χ1v) is 9.24. The Kier molecular flexibility index (Phi) is 5.38. The first kappa shape index (κ1) is 20.8. The van der Waals surface area contributed by atoms with Crippen molar-refractivity contribution in [3.63, 3.8) is 0 Å². The maximum absolute atomic E-state index is 13.4. The summed E-state index contributed by atoms with van der Waals surface area (Å²) in [6, 6.07) is 6.24. The molecular formula is C21H21F3N2O3. The lowest BCUT2D eigenvalue weighted by Gasteiger charge is -2.34. The number of carbonyl (C=O) groups excluding carboxylic acids is 1. The monoisotopic (exact) mass is 406 g/mol. The van der Waals surface area contributed by atoms with E-state index >= 15 is 0 Å². The number of carbonyl (C=O) groups is 2. The molecule has 2 aromatic rings. The average Bonchev–Trinajstić information content (AvgIpc) is 2.96. The number of pyridine rings is 1. The highest BCUT2D eigenvalue weighted by atomic mass is 19.4. The first-order valence-electron chi connectivity index (χ1n) is 9.24. The third-order valence-corrected chi connectivity index (χ3v) is 5.23. The number of aromatic carboxylic acids is 1. The molecule has 1 unspecified atom stereocenters. The van der Waals surface area contributed by atoms with Crippen molar-refractivity contribution in [2.24, 2.45) is 0 Å². The third kappa shape index (κ3) is 3.83. The minimum absolute atomic E-state index is 0.0443. The summed E-state index contributed by atoms with van der Waals surface area (Å²) in [4.78, 5) is 29.4. The highest BCUT2D eigenvalue weighted by Crippen LogP contribution is 2.45. The summed E-state index contributed by atoms with van der Waals surface area (Å²) in [5.41, 5.74) is -0.0839. The second-order valence-corrected chi connectivity index (χ2v) is 7.50. The molecule has 1 N–H and O–H groups in total. The lowest BCUT2D eigenvalue weighted by atomic mass is 10.00. The van der Waals surface area contributed by atoms with Crippen molar-refractivity contribution in [2.75, 3.05) is 0 Å². The Bertz CT molecular complexity index is 956. The molecule has 0 saturated carbocycles. The van der Waals surface area contributed by atoms with Gasteiger partial charge in [0.1, 0.15) is 0 Å². The van der Waals surface area contributed by atoms with Crippen LogP contribution in [-0.2, 0) is 6.18 Å². The third-order valence-electron chi connectivity index (χ3n) is 5.23. The van der Waals surface area contributed by atoms with Gasteiger partial charge in [0.15, 0.2) is 5.69 Å². The van der Waals surface area contributed by atoms with Crippen LogP contribution in [0, 0.1) is 0 Å². The Balaban J connectivity index is 2.09. The highest BCUT2D eigenvalue weighted by Gasteiger charge is 2.41. The number of benzene rings is 1. The van der Waals surface area contributed by atoms with Crippen molar-refractivity contribution >= 4 is 11.9 Å². The van der Waals surface area contributed by atoms with Crippen LogP contribution in [0.3, 0.4) is 0 Å². The second kappa shape index (κ2) is 7.50. The van der Waals surface area contributed by atoms with E-state index in [4.69, 9.17) is 0 Å². The van der Waals surface area contributed by atoms with E-state index in [0.29, 0.717) is 12.0 Å². The summed E-state index contributed by atoms with van der Waals surface area (Å²) in [5, 5.41) is 9.32. The molecule has 5 nitrogen and oxygen atoms in total. The molecule has 0 radical (unpaired) electrons. The fraction of sp³-hybridized carbons (Fsp3) is 0.381. The SMILES string of the molecule is CC1C[C@@H](N(C(=O)c2cccnc2C(F)(F)F)C(C)C)c2cc(C(=O)O)ccc21. The van der Waals surface area contributed by atoms with E-state index in [1.165, 1.54) is 23.1 Å². The van der Waals surface area contributed by atoms with E-state index in [-0.39, 0.29) is 11.5 Å². The molecule has 0 bridgehead atoms. The molecule has 1 aliphatic rings. The summed E-state index contributed by atoms with van der Waals surface area (Å²) >= 11 is 0. The molecule has 2 atom stereocenters. The molecule has 0 saturated heterocycles. The van der Waals surface area contributed by atoms with Crippen LogP contribution in [-0.4, -0.2) is 32.9 Å². The first-order chi connectivity index (χ1) is 13.5. The lowest BCUT2D eigenvalue weighted by molar-refractivity contribution is -0.141. The zero-order chi connectivity index (χ0) is 21.5. The van der Waals surface area contributed by atoms with Crippen LogP contribution >= 0.6 is 0 Å². The van der Waals surface area contributed by atoms with E-state index < -0.39 is 41.4 Å². The molecule has 1 heterocycles. The molecule has 1 aliphatic carbocycles. The molecule has 0 aliphatic heterocycles. The number of carboxylic acids is 1. The number of rotatable bonds is 4. The topological polar surface area (TPSA) is 70.5 Å². The Morgan fingerprint density at radius 3 is 2.48 bits per heavy atom. The van der Waals surface area contributed by atoms with Gasteiger partial charge in [-0.2, -0.15) is 13.2 Å². The molecule has 1 aromatic carbocycles. The molecular weight excluding hydrogens is 385 g/mol. The quantitative estimate of drug-likeness (QED) is 0.784. The molecule has 1 amide bonds. The van der Waals surface area contributed by atoms with E-state index in [0.717, 1.165) is 17.8 Å². The average molecular weight is 406 g/mol. The fourth-order valence-electron chi connectivity index (χ4n) is 3.98.